The largest absolute Gasteiger partial charge is 0.396 e. The van der Waals surface area contributed by atoms with Gasteiger partial charge in [0.25, 0.3) is 0 Å². The van der Waals surface area contributed by atoms with Crippen LogP contribution < -0.4 is 0 Å². The molecule has 2 saturated heterocycles. The van der Waals surface area contributed by atoms with Crippen LogP contribution in [-0.2, 0) is 8.85 Å². The van der Waals surface area contributed by atoms with E-state index >= 15 is 0 Å². The van der Waals surface area contributed by atoms with Gasteiger partial charge in [0, 0.05) is 26.6 Å². The molecule has 0 amide bonds. The van der Waals surface area contributed by atoms with E-state index in [9.17, 15) is 0 Å². The number of nitrogens with zero attached hydrogens (tertiary/aromatic N) is 2. The molecule has 17 heavy (non-hydrogen) atoms. The summed E-state index contributed by atoms with van der Waals surface area (Å²) in [6.07, 6.45) is 7.42. The molecule has 0 bridgehead atoms. The van der Waals surface area contributed by atoms with Crippen LogP contribution in [0.15, 0.2) is 0 Å². The molecular weight excluding hydrogens is 232 g/mol. The first-order valence-corrected chi connectivity index (χ1v) is 9.06. The monoisotopic (exact) mass is 258 g/mol. The molecule has 2 heterocycles. The Bertz CT molecular complexity index is 205. The lowest BCUT2D eigenvalue weighted by molar-refractivity contribution is 0.192. The van der Waals surface area contributed by atoms with Crippen LogP contribution in [0.4, 0.5) is 0 Å². The molecule has 0 aromatic carbocycles. The van der Waals surface area contributed by atoms with Crippen LogP contribution in [0, 0.1) is 0 Å². The van der Waals surface area contributed by atoms with Crippen LogP contribution >= 0.6 is 0 Å². The van der Waals surface area contributed by atoms with Crippen molar-refractivity contribution in [2.75, 3.05) is 52.7 Å². The van der Waals surface area contributed by atoms with Crippen molar-refractivity contribution in [1.29, 1.82) is 0 Å². The maximum atomic E-state index is 5.84. The van der Waals surface area contributed by atoms with Crippen molar-refractivity contribution in [2.24, 2.45) is 0 Å². The minimum Gasteiger partial charge on any atom is -0.396 e. The van der Waals surface area contributed by atoms with Gasteiger partial charge in [0.2, 0.25) is 0 Å². The Hall–Kier alpha value is 0.0569. The third kappa shape index (κ3) is 3.51. The molecule has 0 aromatic heterocycles. The lowest BCUT2D eigenvalue weighted by atomic mass is 10.4. The average molecular weight is 258 g/mol. The number of rotatable bonds is 6. The first kappa shape index (κ1) is 13.5. The molecular formula is C12H26N2O2Si. The van der Waals surface area contributed by atoms with E-state index in [-0.39, 0.29) is 0 Å². The van der Waals surface area contributed by atoms with Crippen molar-refractivity contribution >= 4 is 8.56 Å². The summed E-state index contributed by atoms with van der Waals surface area (Å²) in [6, 6.07) is 0. The van der Waals surface area contributed by atoms with Gasteiger partial charge in [0.1, 0.15) is 0 Å². The second kappa shape index (κ2) is 6.29. The Labute approximate surface area is 106 Å². The predicted octanol–water partition coefficient (Wildman–Crippen LogP) is 0.991. The molecule has 5 heteroatoms. The van der Waals surface area contributed by atoms with Gasteiger partial charge in [0.15, 0.2) is 0 Å². The van der Waals surface area contributed by atoms with Crippen molar-refractivity contribution in [3.05, 3.63) is 0 Å². The van der Waals surface area contributed by atoms with E-state index < -0.39 is 8.56 Å². The summed E-state index contributed by atoms with van der Waals surface area (Å²) in [4.78, 5) is 5.05. The van der Waals surface area contributed by atoms with Gasteiger partial charge in [-0.25, -0.2) is 0 Å². The standard InChI is InChI=1S/C12H26N2O2Si/c1-15-17(16-2,11-13-7-3-4-8-13)12-14-9-5-6-10-14/h3-12H2,1-2H3. The Morgan fingerprint density at radius 3 is 1.41 bits per heavy atom. The first-order chi connectivity index (χ1) is 8.28. The Kier molecular flexibility index (Phi) is 4.99. The van der Waals surface area contributed by atoms with Gasteiger partial charge in [-0.15, -0.1) is 0 Å². The van der Waals surface area contributed by atoms with E-state index in [1.807, 2.05) is 14.2 Å². The second-order valence-corrected chi connectivity index (χ2v) is 8.56. The summed E-state index contributed by atoms with van der Waals surface area (Å²) in [5, 5.41) is 0. The highest BCUT2D eigenvalue weighted by Gasteiger charge is 2.40. The van der Waals surface area contributed by atoms with Gasteiger partial charge in [-0.2, -0.15) is 0 Å². The topological polar surface area (TPSA) is 24.9 Å². The van der Waals surface area contributed by atoms with Crippen LogP contribution in [0.3, 0.4) is 0 Å². The van der Waals surface area contributed by atoms with E-state index in [4.69, 9.17) is 8.85 Å². The van der Waals surface area contributed by atoms with Crippen molar-refractivity contribution in [1.82, 2.24) is 9.80 Å². The second-order valence-electron chi connectivity index (χ2n) is 5.29. The molecule has 0 saturated carbocycles. The highest BCUT2D eigenvalue weighted by Crippen LogP contribution is 2.17. The fraction of sp³-hybridized carbons (Fsp3) is 1.00. The molecule has 0 radical (unpaired) electrons. The molecule has 2 fully saturated rings. The number of likely N-dealkylation sites (tertiary alicyclic amines) is 2. The van der Waals surface area contributed by atoms with Crippen molar-refractivity contribution in [3.63, 3.8) is 0 Å². The fourth-order valence-electron chi connectivity index (χ4n) is 2.95. The minimum atomic E-state index is -2.02. The molecule has 100 valence electrons. The summed E-state index contributed by atoms with van der Waals surface area (Å²) in [5.74, 6) is 0. The minimum absolute atomic E-state index is 1.04. The van der Waals surface area contributed by atoms with Crippen LogP contribution in [0.1, 0.15) is 25.7 Å². The van der Waals surface area contributed by atoms with Crippen LogP contribution in [0.2, 0.25) is 0 Å². The normalized spacial score (nSPS) is 23.6. The lowest BCUT2D eigenvalue weighted by Gasteiger charge is -2.34. The van der Waals surface area contributed by atoms with Crippen LogP contribution in [0.25, 0.3) is 0 Å². The zero-order chi connectivity index (χ0) is 12.1. The van der Waals surface area contributed by atoms with Gasteiger partial charge in [-0.1, -0.05) is 0 Å². The predicted molar refractivity (Wildman–Crippen MR) is 71.1 cm³/mol. The molecule has 0 aliphatic carbocycles. The highest BCUT2D eigenvalue weighted by atomic mass is 28.4. The molecule has 4 nitrogen and oxygen atoms in total. The summed E-state index contributed by atoms with van der Waals surface area (Å²) >= 11 is 0. The lowest BCUT2D eigenvalue weighted by Crippen LogP contribution is -2.58. The van der Waals surface area contributed by atoms with Crippen molar-refractivity contribution in [2.45, 2.75) is 25.7 Å². The van der Waals surface area contributed by atoms with Gasteiger partial charge in [-0.3, -0.25) is 0 Å². The molecule has 0 aromatic rings. The highest BCUT2D eigenvalue weighted by molar-refractivity contribution is 6.67. The first-order valence-electron chi connectivity index (χ1n) is 6.83. The van der Waals surface area contributed by atoms with E-state index in [0.29, 0.717) is 0 Å². The quantitative estimate of drug-likeness (QED) is 0.664. The molecule has 2 aliphatic heterocycles. The molecule has 2 rings (SSSR count). The third-order valence-corrected chi connectivity index (χ3v) is 7.42. The molecule has 0 unspecified atom stereocenters. The number of hydrogen-bond donors (Lipinski definition) is 0. The Morgan fingerprint density at radius 1 is 0.765 bits per heavy atom. The fourth-order valence-corrected chi connectivity index (χ4v) is 5.73. The third-order valence-electron chi connectivity index (χ3n) is 4.07. The molecule has 0 spiro atoms. The van der Waals surface area contributed by atoms with E-state index in [1.165, 1.54) is 51.9 Å². The van der Waals surface area contributed by atoms with Crippen molar-refractivity contribution < 1.29 is 8.85 Å². The molecule has 0 N–H and O–H groups in total. The maximum Gasteiger partial charge on any atom is 0.366 e. The van der Waals surface area contributed by atoms with E-state index in [0.717, 1.165) is 12.3 Å². The van der Waals surface area contributed by atoms with E-state index in [2.05, 4.69) is 9.80 Å². The zero-order valence-corrected chi connectivity index (χ0v) is 12.3. The van der Waals surface area contributed by atoms with Gasteiger partial charge >= 0.3 is 8.56 Å². The van der Waals surface area contributed by atoms with Gasteiger partial charge in [-0.05, 0) is 51.9 Å². The molecule has 0 atom stereocenters. The SMILES string of the molecule is CO[Si](CN1CCCC1)(CN1CCCC1)OC. The zero-order valence-electron chi connectivity index (χ0n) is 11.3. The van der Waals surface area contributed by atoms with Gasteiger partial charge < -0.3 is 18.7 Å². The summed E-state index contributed by atoms with van der Waals surface area (Å²) in [5.41, 5.74) is 0. The average Bonchev–Trinajstić information content (AvgIpc) is 3.01. The van der Waals surface area contributed by atoms with Crippen molar-refractivity contribution in [3.8, 4) is 0 Å². The number of hydrogen-bond acceptors (Lipinski definition) is 4. The molecule has 2 aliphatic rings. The Balaban J connectivity index is 1.91. The van der Waals surface area contributed by atoms with Crippen LogP contribution in [0.5, 0.6) is 0 Å². The van der Waals surface area contributed by atoms with Crippen LogP contribution in [-0.4, -0.2) is 71.1 Å². The summed E-state index contributed by atoms with van der Waals surface area (Å²) in [7, 11) is 1.65. The van der Waals surface area contributed by atoms with Gasteiger partial charge in [0.05, 0.1) is 0 Å². The maximum absolute atomic E-state index is 5.84. The summed E-state index contributed by atoms with van der Waals surface area (Å²) < 4.78 is 11.7. The van der Waals surface area contributed by atoms with E-state index in [1.54, 1.807) is 0 Å². The summed E-state index contributed by atoms with van der Waals surface area (Å²) in [6.45, 7) is 4.89. The smallest absolute Gasteiger partial charge is 0.366 e. The Morgan fingerprint density at radius 2 is 1.12 bits per heavy atom.